The predicted molar refractivity (Wildman–Crippen MR) is 337 cm³/mol. The van der Waals surface area contributed by atoms with Gasteiger partial charge in [0.2, 0.25) is 17.6 Å². The van der Waals surface area contributed by atoms with Gasteiger partial charge in [0, 0.05) is 129 Å². The molecule has 0 radical (unpaired) electrons. The second-order valence-corrected chi connectivity index (χ2v) is 25.5. The molecule has 0 unspecified atom stereocenters. The number of anilines is 1. The molecule has 1 aliphatic carbocycles. The molecule has 2 bridgehead atoms. The Labute approximate surface area is 533 Å². The summed E-state index contributed by atoms with van der Waals surface area (Å²) >= 11 is 0. The smallest absolute Gasteiger partial charge is 0.407 e. The molecule has 0 spiro atoms. The van der Waals surface area contributed by atoms with E-state index < -0.39 is 108 Å². The van der Waals surface area contributed by atoms with Crippen molar-refractivity contribution in [1.29, 1.82) is 0 Å². The number of methoxy groups -OCH3 is 4. The summed E-state index contributed by atoms with van der Waals surface area (Å²) < 4.78 is 47.8. The fraction of sp³-hybridized carbons (Fsp3) is 0.731. The Morgan fingerprint density at radius 3 is 2.21 bits per heavy atom. The van der Waals surface area contributed by atoms with Crippen LogP contribution in [0.2, 0.25) is 0 Å². The lowest BCUT2D eigenvalue weighted by Crippen LogP contribution is -2.61. The number of ketones is 2. The van der Waals surface area contributed by atoms with Gasteiger partial charge in [-0.25, -0.2) is 19.6 Å². The summed E-state index contributed by atoms with van der Waals surface area (Å²) in [6, 6.07) is -1.99. The largest absolute Gasteiger partial charge is 0.459 e. The monoisotopic (exact) mass is 1260 g/mol. The average molecular weight is 1260 g/mol. The van der Waals surface area contributed by atoms with Crippen molar-refractivity contribution in [3.05, 3.63) is 65.6 Å². The maximum atomic E-state index is 14.8. The van der Waals surface area contributed by atoms with Gasteiger partial charge in [-0.3, -0.25) is 19.2 Å². The highest BCUT2D eigenvalue weighted by Gasteiger charge is 2.53. The number of hydrogen-bond acceptors (Lipinski definition) is 20. The van der Waals surface area contributed by atoms with Crippen LogP contribution in [-0.2, 0) is 68.4 Å². The number of carbonyl (C=O) groups excluding carboxylic acids is 6. The highest BCUT2D eigenvalue weighted by Crippen LogP contribution is 2.38. The number of esters is 1. The maximum absolute atomic E-state index is 14.8. The highest BCUT2D eigenvalue weighted by molar-refractivity contribution is 6.39. The second kappa shape index (κ2) is 36.1. The lowest BCUT2D eigenvalue weighted by Gasteiger charge is -2.43. The van der Waals surface area contributed by atoms with Gasteiger partial charge in [0.1, 0.15) is 30.5 Å². The minimum atomic E-state index is -2.47. The molecule has 23 nitrogen and oxygen atoms in total. The van der Waals surface area contributed by atoms with Gasteiger partial charge < -0.3 is 73.9 Å². The summed E-state index contributed by atoms with van der Waals surface area (Å²) in [5.74, 6) is -6.75. The van der Waals surface area contributed by atoms with Crippen molar-refractivity contribution < 1.29 is 76.9 Å². The van der Waals surface area contributed by atoms with Gasteiger partial charge >= 0.3 is 12.1 Å². The number of amides is 3. The van der Waals surface area contributed by atoms with Crippen LogP contribution in [0.4, 0.5) is 10.7 Å². The first kappa shape index (κ1) is 73.6. The molecule has 0 aromatic carbocycles. The van der Waals surface area contributed by atoms with E-state index in [2.05, 4.69) is 15.3 Å². The van der Waals surface area contributed by atoms with Crippen molar-refractivity contribution in [2.24, 2.45) is 35.3 Å². The molecule has 504 valence electrons. The highest BCUT2D eigenvalue weighted by atomic mass is 16.6. The van der Waals surface area contributed by atoms with Crippen LogP contribution in [0.1, 0.15) is 144 Å². The first-order valence-corrected chi connectivity index (χ1v) is 32.7. The number of nitrogens with zero attached hydrogens (tertiary/aromatic N) is 5. The Kier molecular flexibility index (Phi) is 29.5. The van der Waals surface area contributed by atoms with E-state index in [1.54, 1.807) is 40.5 Å². The summed E-state index contributed by atoms with van der Waals surface area (Å²) in [6.07, 6.45) is 14.0. The van der Waals surface area contributed by atoms with Gasteiger partial charge in [0.05, 0.1) is 37.4 Å². The predicted octanol–water partition coefficient (Wildman–Crippen LogP) is 6.51. The van der Waals surface area contributed by atoms with Crippen molar-refractivity contribution >= 4 is 41.4 Å². The number of Topliss-reactive ketones (excluding diaryl/α,β-unsaturated/α-hetero) is 2. The van der Waals surface area contributed by atoms with E-state index in [-0.39, 0.29) is 49.5 Å². The Bertz CT molecular complexity index is 2610. The first-order valence-electron chi connectivity index (χ1n) is 32.7. The quantitative estimate of drug-likeness (QED) is 0.0594. The van der Waals surface area contributed by atoms with Gasteiger partial charge in [-0.1, -0.05) is 71.1 Å². The van der Waals surface area contributed by atoms with E-state index in [1.807, 2.05) is 80.9 Å². The van der Waals surface area contributed by atoms with Crippen LogP contribution >= 0.6 is 0 Å². The molecular formula is C67H105N7O16. The Morgan fingerprint density at radius 2 is 1.53 bits per heavy atom. The Morgan fingerprint density at radius 1 is 0.811 bits per heavy atom. The first-order chi connectivity index (χ1) is 43.0. The minimum absolute atomic E-state index is 0.00692. The minimum Gasteiger partial charge on any atom is -0.459 e. The molecule has 5 aliphatic rings. The number of carbonyl (C=O) groups is 6. The molecule has 16 atom stereocenters. The van der Waals surface area contributed by atoms with E-state index in [4.69, 9.17) is 43.6 Å². The van der Waals surface area contributed by atoms with Crippen molar-refractivity contribution in [1.82, 2.24) is 25.1 Å². The van der Waals surface area contributed by atoms with Crippen LogP contribution in [-0.4, -0.2) is 207 Å². The fourth-order valence-electron chi connectivity index (χ4n) is 13.1. The number of aliphatic hydroxyl groups is 2. The summed E-state index contributed by atoms with van der Waals surface area (Å²) in [7, 11) is 6.07. The third kappa shape index (κ3) is 20.5. The van der Waals surface area contributed by atoms with E-state index in [9.17, 15) is 39.0 Å². The number of piperidine rings is 1. The van der Waals surface area contributed by atoms with Crippen LogP contribution < -0.4 is 16.0 Å². The molecule has 1 saturated carbocycles. The summed E-state index contributed by atoms with van der Waals surface area (Å²) in [5, 5.41) is 26.7. The van der Waals surface area contributed by atoms with Crippen LogP contribution in [0.15, 0.2) is 60.0 Å². The molecule has 5 N–H and O–H groups in total. The third-order valence-electron chi connectivity index (χ3n) is 18.8. The fourth-order valence-corrected chi connectivity index (χ4v) is 13.1. The number of fused-ring (bicyclic) bond motifs is 3. The second-order valence-electron chi connectivity index (χ2n) is 25.5. The molecule has 23 heteroatoms. The summed E-state index contributed by atoms with van der Waals surface area (Å²) in [4.78, 5) is 97.9. The number of allylic oxidation sites excluding steroid dienone is 5. The zero-order valence-electron chi connectivity index (χ0n) is 55.3. The molecule has 3 amide bonds. The normalized spacial score (nSPS) is 34.2. The Hall–Kier alpha value is -5.50. The number of aliphatic hydroxyl groups excluding tert-OH is 1. The van der Waals surface area contributed by atoms with Crippen molar-refractivity contribution in [2.45, 2.75) is 212 Å². The van der Waals surface area contributed by atoms with E-state index in [1.165, 1.54) is 19.1 Å². The molecule has 90 heavy (non-hydrogen) atoms. The van der Waals surface area contributed by atoms with Crippen LogP contribution in [0.25, 0.3) is 0 Å². The maximum Gasteiger partial charge on any atom is 0.407 e. The van der Waals surface area contributed by atoms with Crippen LogP contribution in [0.3, 0.4) is 0 Å². The number of nitrogens with one attached hydrogen (secondary N) is 1. The Balaban J connectivity index is 1.16. The topological polar surface area (TPSA) is 290 Å². The number of ether oxygens (including phenoxy) is 8. The molecule has 4 aliphatic heterocycles. The number of piperazine rings is 1. The average Bonchev–Trinajstić information content (AvgIpc) is 1.25. The van der Waals surface area contributed by atoms with Crippen molar-refractivity contribution in [2.75, 3.05) is 79.3 Å². The molecule has 3 saturated heterocycles. The lowest BCUT2D eigenvalue weighted by atomic mass is 9.80. The number of hydrogen-bond donors (Lipinski definition) is 4. The van der Waals surface area contributed by atoms with Gasteiger partial charge in [-0.05, 0) is 107 Å². The number of cyclic esters (lactones) is 1. The summed E-state index contributed by atoms with van der Waals surface area (Å²) in [6.45, 7) is 16.6. The van der Waals surface area contributed by atoms with Gasteiger partial charge in [-0.2, -0.15) is 0 Å². The molecular weight excluding hydrogens is 1160 g/mol. The number of rotatable bonds is 16. The number of nitrogens with two attached hydrogens (primary N) is 1. The van der Waals surface area contributed by atoms with Gasteiger partial charge in [-0.15, -0.1) is 0 Å². The van der Waals surface area contributed by atoms with Gasteiger partial charge in [0.25, 0.3) is 11.7 Å². The van der Waals surface area contributed by atoms with E-state index in [0.717, 1.165) is 12.0 Å². The van der Waals surface area contributed by atoms with E-state index in [0.29, 0.717) is 127 Å². The third-order valence-corrected chi connectivity index (χ3v) is 18.8. The zero-order chi connectivity index (χ0) is 65.7. The molecule has 5 heterocycles. The lowest BCUT2D eigenvalue weighted by molar-refractivity contribution is -0.265. The van der Waals surface area contributed by atoms with Crippen LogP contribution in [0, 0.1) is 29.6 Å². The van der Waals surface area contributed by atoms with Gasteiger partial charge in [0.15, 0.2) is 5.78 Å². The standard InChI is InChI=1S/C67H105N7O16/c1-12-31-87-32-25-58(75)72-27-29-73(30-28-72)65-69-39-49(40-70-65)41-71-66(81)89-53-24-22-48(36-57(53)85-10)35-51(68)56-38-55(84-9)44(4)34-46(6)60(77)61(86-11)59(76)45(5)33-42(2)18-14-13-15-19-43(3)54(83-8)37-50-23-21-47(7)67(82,90-50)62(78)63(79)74-26-17-16-20-52(74)64(80)88-56/h13-15,18-19,34,39-40,42,44-45,47-48,50-57,60-61,77,82H,12,16-17,20-33,35-38,41,68H2,1-11H3,(H,71,81)/b15-13+,18-14+,43-19+,46-34+/t42-,44-,45-,47-,48+,50+,51-,52+,53-,54+,55-,56+,57-,60-,61+,67-/m1/s1. The number of aromatic nitrogens is 2. The van der Waals surface area contributed by atoms with Crippen molar-refractivity contribution in [3.63, 3.8) is 0 Å². The zero-order valence-corrected chi connectivity index (χ0v) is 55.3. The summed E-state index contributed by atoms with van der Waals surface area (Å²) in [5.41, 5.74) is 9.20. The SMILES string of the molecule is CCCOCCC(=O)N1CCN(c2ncc(CNC(=O)O[C@@H]3CC[C@@H](C[C@@H](N)[C@@H]4C[C@@H](OC)[C@H](C)/C=C(\C)[C@@H](O)[C@@H](OC)C(=O)[C@H](C)C[C@H](C)/C=C/C=C/C=C(\C)[C@@H](OC)C[C@@H]5CC[C@@H](C)[C@@](O)(O5)C(=O)C(=O)N5CCCC[C@H]5C(=O)O4)C[C@H]3OC)cn2)CC1. The van der Waals surface area contributed by atoms with Crippen molar-refractivity contribution in [3.8, 4) is 0 Å². The van der Waals surface area contributed by atoms with E-state index >= 15 is 0 Å². The molecule has 1 aromatic rings. The number of alkyl carbamates (subject to hydrolysis) is 1. The molecule has 6 rings (SSSR count). The molecule has 4 fully saturated rings. The van der Waals surface area contributed by atoms with Crippen LogP contribution in [0.5, 0.6) is 0 Å². The molecule has 1 aromatic heterocycles.